The second-order valence-corrected chi connectivity index (χ2v) is 6.91. The summed E-state index contributed by atoms with van der Waals surface area (Å²) in [6, 6.07) is -0.688. The van der Waals surface area contributed by atoms with Gasteiger partial charge in [-0.05, 0) is 39.8 Å². The first kappa shape index (κ1) is 15.7. The van der Waals surface area contributed by atoms with Crippen LogP contribution in [0.1, 0.15) is 26.7 Å². The lowest BCUT2D eigenvalue weighted by molar-refractivity contribution is -0.138. The molecule has 1 rings (SSSR count). The summed E-state index contributed by atoms with van der Waals surface area (Å²) in [4.78, 5) is 0. The number of halogens is 3. The van der Waals surface area contributed by atoms with Gasteiger partial charge < -0.3 is 5.32 Å². The fraction of sp³-hybridized carbons (Fsp3) is 1.00. The summed E-state index contributed by atoms with van der Waals surface area (Å²) in [6.07, 6.45) is -3.78. The van der Waals surface area contributed by atoms with Gasteiger partial charge in [0, 0.05) is 6.04 Å². The highest BCUT2D eigenvalue weighted by atomic mass is 32.2. The van der Waals surface area contributed by atoms with Crippen molar-refractivity contribution in [1.29, 1.82) is 0 Å². The molecule has 0 aromatic rings. The van der Waals surface area contributed by atoms with Gasteiger partial charge >= 0.3 is 6.18 Å². The van der Waals surface area contributed by atoms with Crippen LogP contribution in [0.15, 0.2) is 0 Å². The molecule has 0 unspecified atom stereocenters. The first-order chi connectivity index (χ1) is 8.14. The van der Waals surface area contributed by atoms with E-state index >= 15 is 0 Å². The average molecular weight is 288 g/mol. The highest BCUT2D eigenvalue weighted by Crippen LogP contribution is 2.25. The van der Waals surface area contributed by atoms with E-state index in [4.69, 9.17) is 0 Å². The highest BCUT2D eigenvalue weighted by Gasteiger charge is 2.41. The SMILES string of the molecule is CC(C)N(CC(F)(F)F)S(=O)(=O)C1CCNCC1. The van der Waals surface area contributed by atoms with Gasteiger partial charge in [0.25, 0.3) is 0 Å². The van der Waals surface area contributed by atoms with Crippen LogP contribution in [0.25, 0.3) is 0 Å². The van der Waals surface area contributed by atoms with E-state index in [0.29, 0.717) is 30.2 Å². The minimum absolute atomic E-state index is 0.364. The number of hydrogen-bond donors (Lipinski definition) is 1. The van der Waals surface area contributed by atoms with E-state index in [1.54, 1.807) is 0 Å². The van der Waals surface area contributed by atoms with Crippen molar-refractivity contribution in [2.45, 2.75) is 44.2 Å². The summed E-state index contributed by atoms with van der Waals surface area (Å²) in [6.45, 7) is 2.58. The van der Waals surface area contributed by atoms with Crippen LogP contribution in [0.4, 0.5) is 13.2 Å². The Balaban J connectivity index is 2.89. The molecule has 1 N–H and O–H groups in total. The summed E-state index contributed by atoms with van der Waals surface area (Å²) in [5.41, 5.74) is 0. The van der Waals surface area contributed by atoms with Crippen LogP contribution in [0.2, 0.25) is 0 Å². The lowest BCUT2D eigenvalue weighted by atomic mass is 10.2. The Hall–Kier alpha value is -0.340. The van der Waals surface area contributed by atoms with Crippen molar-refractivity contribution < 1.29 is 21.6 Å². The lowest BCUT2D eigenvalue weighted by Gasteiger charge is -2.32. The molecule has 0 atom stereocenters. The van der Waals surface area contributed by atoms with Crippen molar-refractivity contribution >= 4 is 10.0 Å². The topological polar surface area (TPSA) is 49.4 Å². The predicted molar refractivity (Wildman–Crippen MR) is 62.7 cm³/mol. The smallest absolute Gasteiger partial charge is 0.317 e. The van der Waals surface area contributed by atoms with E-state index in [9.17, 15) is 21.6 Å². The maximum Gasteiger partial charge on any atom is 0.402 e. The Kier molecular flexibility index (Phi) is 5.02. The summed E-state index contributed by atoms with van der Waals surface area (Å²) < 4.78 is 62.3. The maximum absolute atomic E-state index is 12.4. The fourth-order valence-electron chi connectivity index (χ4n) is 2.03. The minimum Gasteiger partial charge on any atom is -0.317 e. The van der Waals surface area contributed by atoms with Crippen LogP contribution < -0.4 is 5.32 Å². The number of nitrogens with one attached hydrogen (secondary N) is 1. The predicted octanol–water partition coefficient (Wildman–Crippen LogP) is 1.34. The van der Waals surface area contributed by atoms with Crippen molar-refractivity contribution in [3.63, 3.8) is 0 Å². The zero-order valence-electron chi connectivity index (χ0n) is 10.5. The van der Waals surface area contributed by atoms with Gasteiger partial charge in [-0.3, -0.25) is 0 Å². The molecule has 1 fully saturated rings. The molecule has 1 aliphatic rings. The van der Waals surface area contributed by atoms with Crippen LogP contribution in [0.3, 0.4) is 0 Å². The van der Waals surface area contributed by atoms with Gasteiger partial charge in [-0.15, -0.1) is 0 Å². The van der Waals surface area contributed by atoms with E-state index in [1.165, 1.54) is 13.8 Å². The standard InChI is InChI=1S/C10H19F3N2O2S/c1-8(2)15(7-10(11,12)13)18(16,17)9-3-5-14-6-4-9/h8-9,14H,3-7H2,1-2H3. The molecule has 18 heavy (non-hydrogen) atoms. The van der Waals surface area contributed by atoms with Crippen LogP contribution in [-0.2, 0) is 10.0 Å². The number of rotatable bonds is 4. The quantitative estimate of drug-likeness (QED) is 0.849. The van der Waals surface area contributed by atoms with Gasteiger partial charge in [0.05, 0.1) is 5.25 Å². The van der Waals surface area contributed by atoms with Gasteiger partial charge in [0.15, 0.2) is 0 Å². The molecule has 108 valence electrons. The molecule has 1 saturated heterocycles. The third-order valence-electron chi connectivity index (χ3n) is 2.95. The highest BCUT2D eigenvalue weighted by molar-refractivity contribution is 7.89. The summed E-state index contributed by atoms with van der Waals surface area (Å²) >= 11 is 0. The van der Waals surface area contributed by atoms with E-state index in [-0.39, 0.29) is 0 Å². The monoisotopic (exact) mass is 288 g/mol. The molecule has 1 aliphatic heterocycles. The Labute approximate surface area is 106 Å². The fourth-order valence-corrected chi connectivity index (χ4v) is 4.16. The third kappa shape index (κ3) is 4.10. The Bertz CT molecular complexity index is 362. The Morgan fingerprint density at radius 2 is 1.78 bits per heavy atom. The molecule has 0 aromatic heterocycles. The molecule has 0 aromatic carbocycles. The molecule has 0 spiro atoms. The number of sulfonamides is 1. The second-order valence-electron chi connectivity index (χ2n) is 4.75. The molecular weight excluding hydrogens is 269 g/mol. The number of nitrogens with zero attached hydrogens (tertiary/aromatic N) is 1. The van der Waals surface area contributed by atoms with Crippen molar-refractivity contribution in [2.24, 2.45) is 0 Å². The van der Waals surface area contributed by atoms with Crippen LogP contribution >= 0.6 is 0 Å². The number of alkyl halides is 3. The van der Waals surface area contributed by atoms with Crippen molar-refractivity contribution in [3.8, 4) is 0 Å². The van der Waals surface area contributed by atoms with Gasteiger partial charge in [0.1, 0.15) is 6.54 Å². The largest absolute Gasteiger partial charge is 0.402 e. The molecule has 4 nitrogen and oxygen atoms in total. The average Bonchev–Trinajstić information content (AvgIpc) is 2.25. The van der Waals surface area contributed by atoms with Crippen molar-refractivity contribution in [2.75, 3.05) is 19.6 Å². The molecular formula is C10H19F3N2O2S. The van der Waals surface area contributed by atoms with Gasteiger partial charge in [0.2, 0.25) is 10.0 Å². The summed E-state index contributed by atoms with van der Waals surface area (Å²) in [5, 5.41) is 2.29. The van der Waals surface area contributed by atoms with Gasteiger partial charge in [-0.25, -0.2) is 8.42 Å². The first-order valence-electron chi connectivity index (χ1n) is 5.92. The lowest BCUT2D eigenvalue weighted by Crippen LogP contribution is -2.49. The molecule has 0 bridgehead atoms. The number of piperidine rings is 1. The zero-order chi connectivity index (χ0) is 14.0. The Morgan fingerprint density at radius 3 is 2.17 bits per heavy atom. The second kappa shape index (κ2) is 5.75. The molecule has 0 aliphatic carbocycles. The van der Waals surface area contributed by atoms with E-state index in [1.807, 2.05) is 0 Å². The normalized spacial score (nSPS) is 19.7. The first-order valence-corrected chi connectivity index (χ1v) is 7.43. The molecule has 8 heteroatoms. The molecule has 0 amide bonds. The minimum atomic E-state index is -4.51. The zero-order valence-corrected chi connectivity index (χ0v) is 11.3. The van der Waals surface area contributed by atoms with Crippen LogP contribution in [0.5, 0.6) is 0 Å². The van der Waals surface area contributed by atoms with Crippen LogP contribution in [0, 0.1) is 0 Å². The molecule has 0 saturated carbocycles. The number of hydrogen-bond acceptors (Lipinski definition) is 3. The van der Waals surface area contributed by atoms with Gasteiger partial charge in [-0.1, -0.05) is 0 Å². The summed E-state index contributed by atoms with van der Waals surface area (Å²) in [5.74, 6) is 0. The maximum atomic E-state index is 12.4. The van der Waals surface area contributed by atoms with E-state index in [2.05, 4.69) is 5.32 Å². The van der Waals surface area contributed by atoms with Crippen molar-refractivity contribution in [1.82, 2.24) is 9.62 Å². The van der Waals surface area contributed by atoms with Gasteiger partial charge in [-0.2, -0.15) is 17.5 Å². The van der Waals surface area contributed by atoms with Crippen molar-refractivity contribution in [3.05, 3.63) is 0 Å². The summed E-state index contributed by atoms with van der Waals surface area (Å²) in [7, 11) is -3.88. The van der Waals surface area contributed by atoms with E-state index in [0.717, 1.165) is 0 Å². The molecule has 0 radical (unpaired) electrons. The van der Waals surface area contributed by atoms with Crippen LogP contribution in [-0.4, -0.2) is 49.8 Å². The Morgan fingerprint density at radius 1 is 1.28 bits per heavy atom. The third-order valence-corrected chi connectivity index (χ3v) is 5.46. The van der Waals surface area contributed by atoms with E-state index < -0.39 is 34.0 Å². The molecule has 1 heterocycles.